The summed E-state index contributed by atoms with van der Waals surface area (Å²) >= 11 is 0. The Hall–Kier alpha value is -1.82. The quantitative estimate of drug-likeness (QED) is 0.617. The summed E-state index contributed by atoms with van der Waals surface area (Å²) < 4.78 is 30.5. The first-order valence-corrected chi connectivity index (χ1v) is 4.32. The summed E-state index contributed by atoms with van der Waals surface area (Å²) in [6.45, 7) is -0.355. The number of ketones is 1. The molecule has 0 atom stereocenters. The van der Waals surface area contributed by atoms with E-state index in [0.29, 0.717) is 6.07 Å². The Bertz CT molecular complexity index is 446. The van der Waals surface area contributed by atoms with Crippen molar-refractivity contribution in [3.63, 3.8) is 0 Å². The molecule has 0 bridgehead atoms. The number of hydrogen-bond acceptors (Lipinski definition) is 4. The number of rotatable bonds is 3. The predicted molar refractivity (Wildman–Crippen MR) is 51.1 cm³/mol. The summed E-state index contributed by atoms with van der Waals surface area (Å²) in [5.41, 5.74) is 4.28. The normalized spacial score (nSPS) is 10.0. The van der Waals surface area contributed by atoms with Crippen molar-refractivity contribution in [3.05, 3.63) is 34.9 Å². The summed E-state index contributed by atoms with van der Waals surface area (Å²) in [5, 5.41) is 0. The van der Waals surface area contributed by atoms with Gasteiger partial charge in [0.15, 0.2) is 17.4 Å². The lowest BCUT2D eigenvalue weighted by molar-refractivity contribution is 0.0594. The molecule has 0 heterocycles. The average Bonchev–Trinajstić information content (AvgIpc) is 2.30. The highest BCUT2D eigenvalue weighted by molar-refractivity contribution is 6.00. The van der Waals surface area contributed by atoms with Crippen LogP contribution in [0.25, 0.3) is 0 Å². The van der Waals surface area contributed by atoms with Gasteiger partial charge < -0.3 is 10.5 Å². The van der Waals surface area contributed by atoms with Crippen LogP contribution in [0.4, 0.5) is 8.78 Å². The van der Waals surface area contributed by atoms with Gasteiger partial charge in [-0.25, -0.2) is 13.6 Å². The summed E-state index contributed by atoms with van der Waals surface area (Å²) in [6, 6.07) is 1.61. The van der Waals surface area contributed by atoms with Gasteiger partial charge in [0.05, 0.1) is 19.2 Å². The summed E-state index contributed by atoms with van der Waals surface area (Å²) in [7, 11) is 1.02. The molecule has 0 aliphatic rings. The molecule has 1 rings (SSSR count). The number of nitrogens with two attached hydrogens (primary N) is 1. The third kappa shape index (κ3) is 2.22. The van der Waals surface area contributed by atoms with Gasteiger partial charge >= 0.3 is 5.97 Å². The van der Waals surface area contributed by atoms with Gasteiger partial charge in [-0.15, -0.1) is 0 Å². The van der Waals surface area contributed by atoms with E-state index in [1.165, 1.54) is 0 Å². The van der Waals surface area contributed by atoms with Crippen molar-refractivity contribution in [2.45, 2.75) is 0 Å². The summed E-state index contributed by atoms with van der Waals surface area (Å²) in [6.07, 6.45) is 0. The lowest BCUT2D eigenvalue weighted by Crippen LogP contribution is -2.16. The molecule has 0 saturated heterocycles. The van der Waals surface area contributed by atoms with Crippen LogP contribution >= 0.6 is 0 Å². The number of carbonyl (C=O) groups excluding carboxylic acids is 2. The number of Topliss-reactive ketones (excluding diaryl/α,β-unsaturated/α-hetero) is 1. The molecule has 2 N–H and O–H groups in total. The SMILES string of the molecule is COC(=O)c1cc(C(=O)CN)cc(F)c1F. The Morgan fingerprint density at radius 2 is 2.00 bits per heavy atom. The lowest BCUT2D eigenvalue weighted by atomic mass is 10.1. The minimum atomic E-state index is -1.35. The zero-order chi connectivity index (χ0) is 12.3. The predicted octanol–water partition coefficient (Wildman–Crippen LogP) is 0.893. The Labute approximate surface area is 90.0 Å². The van der Waals surface area contributed by atoms with Gasteiger partial charge in [-0.1, -0.05) is 0 Å². The number of ether oxygens (including phenoxy) is 1. The molecular weight excluding hydrogens is 220 g/mol. The van der Waals surface area contributed by atoms with Gasteiger partial charge in [-0.3, -0.25) is 4.79 Å². The number of esters is 1. The third-order valence-corrected chi connectivity index (χ3v) is 1.94. The van der Waals surface area contributed by atoms with E-state index in [2.05, 4.69) is 4.74 Å². The molecule has 0 saturated carbocycles. The fourth-order valence-electron chi connectivity index (χ4n) is 1.13. The lowest BCUT2D eigenvalue weighted by Gasteiger charge is -2.05. The molecule has 0 radical (unpaired) electrons. The average molecular weight is 229 g/mol. The van der Waals surface area contributed by atoms with Crippen LogP contribution in [0.5, 0.6) is 0 Å². The smallest absolute Gasteiger partial charge is 0.340 e. The van der Waals surface area contributed by atoms with Crippen LogP contribution in [0.1, 0.15) is 20.7 Å². The van der Waals surface area contributed by atoms with Crippen molar-refractivity contribution in [2.75, 3.05) is 13.7 Å². The molecule has 6 heteroatoms. The van der Waals surface area contributed by atoms with Gasteiger partial charge in [0.25, 0.3) is 0 Å². The van der Waals surface area contributed by atoms with E-state index in [0.717, 1.165) is 13.2 Å². The second-order valence-electron chi connectivity index (χ2n) is 2.94. The largest absolute Gasteiger partial charge is 0.465 e. The number of carbonyl (C=O) groups is 2. The van der Waals surface area contributed by atoms with Crippen LogP contribution < -0.4 is 5.73 Å². The topological polar surface area (TPSA) is 69.4 Å². The molecule has 0 amide bonds. The molecule has 1 aromatic carbocycles. The second kappa shape index (κ2) is 4.80. The summed E-state index contributed by atoms with van der Waals surface area (Å²) in [5.74, 6) is -4.28. The van der Waals surface area contributed by atoms with E-state index in [9.17, 15) is 18.4 Å². The zero-order valence-electron chi connectivity index (χ0n) is 8.42. The fourth-order valence-corrected chi connectivity index (χ4v) is 1.13. The number of halogens is 2. The van der Waals surface area contributed by atoms with E-state index < -0.39 is 29.0 Å². The number of hydrogen-bond donors (Lipinski definition) is 1. The molecule has 0 aliphatic heterocycles. The van der Waals surface area contributed by atoms with Gasteiger partial charge in [0.2, 0.25) is 0 Å². The second-order valence-corrected chi connectivity index (χ2v) is 2.94. The minimum absolute atomic E-state index is 0.165. The third-order valence-electron chi connectivity index (χ3n) is 1.94. The highest BCUT2D eigenvalue weighted by Crippen LogP contribution is 2.16. The first kappa shape index (κ1) is 12.3. The van der Waals surface area contributed by atoms with Crippen LogP contribution in [0, 0.1) is 11.6 Å². The minimum Gasteiger partial charge on any atom is -0.465 e. The molecule has 0 unspecified atom stereocenters. The van der Waals surface area contributed by atoms with Crippen molar-refractivity contribution < 1.29 is 23.1 Å². The Kier molecular flexibility index (Phi) is 3.68. The Balaban J connectivity index is 3.33. The van der Waals surface area contributed by atoms with Crippen LogP contribution in [0.2, 0.25) is 0 Å². The molecule has 4 nitrogen and oxygen atoms in total. The molecule has 0 aromatic heterocycles. The highest BCUT2D eigenvalue weighted by atomic mass is 19.2. The monoisotopic (exact) mass is 229 g/mol. The van der Waals surface area contributed by atoms with Crippen LogP contribution in [-0.4, -0.2) is 25.4 Å². The van der Waals surface area contributed by atoms with E-state index in [-0.39, 0.29) is 12.1 Å². The molecule has 16 heavy (non-hydrogen) atoms. The molecule has 0 aliphatic carbocycles. The molecule has 0 spiro atoms. The van der Waals surface area contributed by atoms with Gasteiger partial charge in [-0.2, -0.15) is 0 Å². The van der Waals surface area contributed by atoms with E-state index >= 15 is 0 Å². The zero-order valence-corrected chi connectivity index (χ0v) is 8.42. The molecular formula is C10H9F2NO3. The fraction of sp³-hybridized carbons (Fsp3) is 0.200. The van der Waals surface area contributed by atoms with Crippen molar-refractivity contribution in [1.29, 1.82) is 0 Å². The van der Waals surface area contributed by atoms with E-state index in [4.69, 9.17) is 5.73 Å². The maximum Gasteiger partial charge on any atom is 0.340 e. The van der Waals surface area contributed by atoms with Gasteiger partial charge in [0, 0.05) is 5.56 Å². The van der Waals surface area contributed by atoms with E-state index in [1.54, 1.807) is 0 Å². The highest BCUT2D eigenvalue weighted by Gasteiger charge is 2.19. The number of benzene rings is 1. The molecule has 0 fully saturated rings. The van der Waals surface area contributed by atoms with Crippen molar-refractivity contribution in [3.8, 4) is 0 Å². The van der Waals surface area contributed by atoms with Crippen molar-refractivity contribution in [2.24, 2.45) is 5.73 Å². The molecule has 1 aromatic rings. The maximum atomic E-state index is 13.2. The number of methoxy groups -OCH3 is 1. The van der Waals surface area contributed by atoms with Gasteiger partial charge in [-0.05, 0) is 12.1 Å². The first-order chi connectivity index (χ1) is 7.51. The maximum absolute atomic E-state index is 13.2. The summed E-state index contributed by atoms with van der Waals surface area (Å²) in [4.78, 5) is 22.3. The standard InChI is InChI=1S/C10H9F2NO3/c1-16-10(15)6-2-5(8(14)4-13)3-7(11)9(6)12/h2-3H,4,13H2,1H3. The van der Waals surface area contributed by atoms with Crippen LogP contribution in [0.3, 0.4) is 0 Å². The van der Waals surface area contributed by atoms with Crippen LogP contribution in [0.15, 0.2) is 12.1 Å². The molecule has 86 valence electrons. The van der Waals surface area contributed by atoms with E-state index in [1.807, 2.05) is 0 Å². The Morgan fingerprint density at radius 3 is 2.50 bits per heavy atom. The first-order valence-electron chi connectivity index (χ1n) is 4.32. The van der Waals surface area contributed by atoms with Gasteiger partial charge in [0.1, 0.15) is 0 Å². The van der Waals surface area contributed by atoms with Crippen LogP contribution in [-0.2, 0) is 4.74 Å². The van der Waals surface area contributed by atoms with Crippen molar-refractivity contribution >= 4 is 11.8 Å². The Morgan fingerprint density at radius 1 is 1.38 bits per heavy atom. The van der Waals surface area contributed by atoms with Crippen molar-refractivity contribution in [1.82, 2.24) is 0 Å².